The van der Waals surface area contributed by atoms with E-state index in [0.29, 0.717) is 18.6 Å². The van der Waals surface area contributed by atoms with Gasteiger partial charge in [0.15, 0.2) is 0 Å². The average molecular weight is 269 g/mol. The minimum atomic E-state index is 0.278. The Labute approximate surface area is 116 Å². The first-order chi connectivity index (χ1) is 9.16. The number of rotatable bonds is 5. The van der Waals surface area contributed by atoms with Crippen molar-refractivity contribution in [2.75, 3.05) is 46.4 Å². The molecule has 2 unspecified atom stereocenters. The number of hydrogen-bond acceptors (Lipinski definition) is 4. The highest BCUT2D eigenvalue weighted by molar-refractivity contribution is 5.78. The van der Waals surface area contributed by atoms with Crippen molar-refractivity contribution >= 4 is 5.91 Å². The summed E-state index contributed by atoms with van der Waals surface area (Å²) in [6.45, 7) is 7.15. The van der Waals surface area contributed by atoms with Gasteiger partial charge >= 0.3 is 0 Å². The van der Waals surface area contributed by atoms with Crippen molar-refractivity contribution in [1.82, 2.24) is 15.1 Å². The van der Waals surface area contributed by atoms with E-state index in [4.69, 9.17) is 4.74 Å². The van der Waals surface area contributed by atoms with Crippen LogP contribution in [-0.4, -0.2) is 74.2 Å². The van der Waals surface area contributed by atoms with Gasteiger partial charge in [-0.15, -0.1) is 0 Å². The summed E-state index contributed by atoms with van der Waals surface area (Å²) in [5.41, 5.74) is 0. The number of amides is 1. The third-order valence-electron chi connectivity index (χ3n) is 4.22. The number of hydrogen-bond donors (Lipinski definition) is 1. The Morgan fingerprint density at radius 2 is 2.21 bits per heavy atom. The first kappa shape index (κ1) is 14.8. The Kier molecular flexibility index (Phi) is 5.60. The summed E-state index contributed by atoms with van der Waals surface area (Å²) < 4.78 is 5.47. The van der Waals surface area contributed by atoms with Gasteiger partial charge in [0, 0.05) is 31.7 Å². The molecule has 0 aromatic carbocycles. The molecule has 1 amide bonds. The molecule has 0 radical (unpaired) electrons. The van der Waals surface area contributed by atoms with E-state index >= 15 is 0 Å². The molecule has 2 atom stereocenters. The van der Waals surface area contributed by atoms with E-state index in [9.17, 15) is 4.79 Å². The summed E-state index contributed by atoms with van der Waals surface area (Å²) in [7, 11) is 2.04. The van der Waals surface area contributed by atoms with Crippen molar-refractivity contribution in [2.45, 2.75) is 38.3 Å². The van der Waals surface area contributed by atoms with Crippen molar-refractivity contribution in [2.24, 2.45) is 0 Å². The smallest absolute Gasteiger partial charge is 0.236 e. The lowest BCUT2D eigenvalue weighted by molar-refractivity contribution is -0.131. The van der Waals surface area contributed by atoms with Crippen LogP contribution in [0.3, 0.4) is 0 Å². The minimum absolute atomic E-state index is 0.278. The number of nitrogens with zero attached hydrogens (tertiary/aromatic N) is 2. The standard InChI is InChI=1S/C14H27N3O2/c1-12(9-13-11-19-8-5-15-13)16(2)10-14(18)17-6-3-4-7-17/h12-13,15H,3-11H2,1-2H3. The van der Waals surface area contributed by atoms with E-state index < -0.39 is 0 Å². The van der Waals surface area contributed by atoms with Gasteiger partial charge in [-0.25, -0.2) is 0 Å². The lowest BCUT2D eigenvalue weighted by Gasteiger charge is -2.31. The number of nitrogens with one attached hydrogen (secondary N) is 1. The second-order valence-corrected chi connectivity index (χ2v) is 5.81. The molecule has 110 valence electrons. The fourth-order valence-corrected chi connectivity index (χ4v) is 2.80. The van der Waals surface area contributed by atoms with E-state index in [2.05, 4.69) is 17.1 Å². The van der Waals surface area contributed by atoms with Gasteiger partial charge in [-0.1, -0.05) is 0 Å². The summed E-state index contributed by atoms with van der Waals surface area (Å²) in [5, 5.41) is 3.47. The largest absolute Gasteiger partial charge is 0.379 e. The van der Waals surface area contributed by atoms with Crippen LogP contribution in [0.5, 0.6) is 0 Å². The Hall–Kier alpha value is -0.650. The predicted octanol–water partition coefficient (Wildman–Crippen LogP) is 0.308. The number of likely N-dealkylation sites (tertiary alicyclic amines) is 1. The molecule has 0 aromatic heterocycles. The fraction of sp³-hybridized carbons (Fsp3) is 0.929. The molecule has 0 bridgehead atoms. The predicted molar refractivity (Wildman–Crippen MR) is 75.1 cm³/mol. The highest BCUT2D eigenvalue weighted by atomic mass is 16.5. The van der Waals surface area contributed by atoms with E-state index in [1.807, 2.05) is 11.9 Å². The summed E-state index contributed by atoms with van der Waals surface area (Å²) in [4.78, 5) is 16.3. The topological polar surface area (TPSA) is 44.8 Å². The van der Waals surface area contributed by atoms with Crippen LogP contribution in [0.2, 0.25) is 0 Å². The molecule has 0 saturated carbocycles. The van der Waals surface area contributed by atoms with Gasteiger partial charge in [0.05, 0.1) is 19.8 Å². The zero-order valence-corrected chi connectivity index (χ0v) is 12.2. The third-order valence-corrected chi connectivity index (χ3v) is 4.22. The molecule has 5 heteroatoms. The van der Waals surface area contributed by atoms with E-state index in [1.165, 1.54) is 0 Å². The summed E-state index contributed by atoms with van der Waals surface area (Å²) >= 11 is 0. The number of morpholine rings is 1. The number of carbonyl (C=O) groups excluding carboxylic acids is 1. The van der Waals surface area contributed by atoms with Crippen LogP contribution in [0.25, 0.3) is 0 Å². The van der Waals surface area contributed by atoms with Crippen LogP contribution >= 0.6 is 0 Å². The van der Waals surface area contributed by atoms with Gasteiger partial charge in [-0.2, -0.15) is 0 Å². The Bertz CT molecular complexity index is 286. The van der Waals surface area contributed by atoms with Crippen molar-refractivity contribution in [3.63, 3.8) is 0 Å². The Morgan fingerprint density at radius 3 is 2.84 bits per heavy atom. The molecule has 2 fully saturated rings. The second-order valence-electron chi connectivity index (χ2n) is 5.81. The summed E-state index contributed by atoms with van der Waals surface area (Å²) in [5.74, 6) is 0.278. The maximum atomic E-state index is 12.1. The molecule has 0 aromatic rings. The number of ether oxygens (including phenoxy) is 1. The van der Waals surface area contributed by atoms with E-state index in [-0.39, 0.29) is 5.91 Å². The molecule has 0 spiro atoms. The number of carbonyl (C=O) groups is 1. The fourth-order valence-electron chi connectivity index (χ4n) is 2.80. The van der Waals surface area contributed by atoms with Gasteiger partial charge in [0.1, 0.15) is 0 Å². The molecular formula is C14H27N3O2. The maximum Gasteiger partial charge on any atom is 0.236 e. The average Bonchev–Trinajstić information content (AvgIpc) is 2.93. The van der Waals surface area contributed by atoms with Gasteiger partial charge in [-0.3, -0.25) is 9.69 Å². The monoisotopic (exact) mass is 269 g/mol. The molecular weight excluding hydrogens is 242 g/mol. The minimum Gasteiger partial charge on any atom is -0.379 e. The van der Waals surface area contributed by atoms with Crippen LogP contribution in [0.1, 0.15) is 26.2 Å². The highest BCUT2D eigenvalue weighted by Gasteiger charge is 2.23. The maximum absolute atomic E-state index is 12.1. The lowest BCUT2D eigenvalue weighted by atomic mass is 10.1. The first-order valence-corrected chi connectivity index (χ1v) is 7.46. The lowest BCUT2D eigenvalue weighted by Crippen LogP contribution is -2.47. The molecule has 19 heavy (non-hydrogen) atoms. The molecule has 2 rings (SSSR count). The quantitative estimate of drug-likeness (QED) is 0.780. The molecule has 1 N–H and O–H groups in total. The molecule has 2 saturated heterocycles. The van der Waals surface area contributed by atoms with Crippen LogP contribution in [-0.2, 0) is 9.53 Å². The van der Waals surface area contributed by atoms with Crippen molar-refractivity contribution in [3.05, 3.63) is 0 Å². The molecule has 5 nitrogen and oxygen atoms in total. The van der Waals surface area contributed by atoms with E-state index in [1.54, 1.807) is 0 Å². The second kappa shape index (κ2) is 7.22. The van der Waals surface area contributed by atoms with Crippen LogP contribution in [0, 0.1) is 0 Å². The zero-order chi connectivity index (χ0) is 13.7. The summed E-state index contributed by atoms with van der Waals surface area (Å²) in [6, 6.07) is 0.818. The van der Waals surface area contributed by atoms with Crippen molar-refractivity contribution in [3.8, 4) is 0 Å². The Balaban J connectivity index is 1.71. The van der Waals surface area contributed by atoms with E-state index in [0.717, 1.165) is 52.1 Å². The van der Waals surface area contributed by atoms with Gasteiger partial charge in [0.2, 0.25) is 5.91 Å². The molecule has 2 aliphatic rings. The normalized spacial score (nSPS) is 25.8. The SMILES string of the molecule is CC(CC1COCCN1)N(C)CC(=O)N1CCCC1. The van der Waals surface area contributed by atoms with Crippen molar-refractivity contribution < 1.29 is 9.53 Å². The van der Waals surface area contributed by atoms with Crippen LogP contribution in [0.15, 0.2) is 0 Å². The molecule has 2 heterocycles. The third kappa shape index (κ3) is 4.44. The molecule has 2 aliphatic heterocycles. The van der Waals surface area contributed by atoms with Gasteiger partial charge < -0.3 is 15.0 Å². The Morgan fingerprint density at radius 1 is 1.47 bits per heavy atom. The van der Waals surface area contributed by atoms with Crippen LogP contribution < -0.4 is 5.32 Å². The van der Waals surface area contributed by atoms with Crippen molar-refractivity contribution in [1.29, 1.82) is 0 Å². The zero-order valence-electron chi connectivity index (χ0n) is 12.2. The summed E-state index contributed by atoms with van der Waals surface area (Å²) in [6.07, 6.45) is 3.35. The molecule has 0 aliphatic carbocycles. The van der Waals surface area contributed by atoms with Gasteiger partial charge in [0.25, 0.3) is 0 Å². The van der Waals surface area contributed by atoms with Crippen LogP contribution in [0.4, 0.5) is 0 Å². The first-order valence-electron chi connectivity index (χ1n) is 7.46. The number of likely N-dealkylation sites (N-methyl/N-ethyl adjacent to an activating group) is 1. The van der Waals surface area contributed by atoms with Gasteiger partial charge in [-0.05, 0) is 33.2 Å². The highest BCUT2D eigenvalue weighted by Crippen LogP contribution is 2.11.